The van der Waals surface area contributed by atoms with E-state index < -0.39 is 0 Å². The highest BCUT2D eigenvalue weighted by Gasteiger charge is 2.18. The summed E-state index contributed by atoms with van der Waals surface area (Å²) in [5.74, 6) is 0.580. The first-order valence-corrected chi connectivity index (χ1v) is 4.26. The standard InChI is InChI=1S/C5H9N3O2S/c9-5-6-1-2-8(5)3-4-11-7-10/h1-4H2,(H,6,9). The van der Waals surface area contributed by atoms with E-state index in [1.807, 2.05) is 0 Å². The number of urea groups is 1. The lowest BCUT2D eigenvalue weighted by atomic mass is 10.6. The van der Waals surface area contributed by atoms with Gasteiger partial charge < -0.3 is 10.2 Å². The van der Waals surface area contributed by atoms with Gasteiger partial charge in [-0.25, -0.2) is 4.79 Å². The van der Waals surface area contributed by atoms with Gasteiger partial charge in [0.2, 0.25) is 0 Å². The third kappa shape index (κ3) is 2.38. The Morgan fingerprint density at radius 1 is 1.73 bits per heavy atom. The minimum Gasteiger partial charge on any atom is -0.336 e. The average Bonchev–Trinajstić information content (AvgIpc) is 2.37. The summed E-state index contributed by atoms with van der Waals surface area (Å²) in [6, 6.07) is -0.0449. The quantitative estimate of drug-likeness (QED) is 0.383. The van der Waals surface area contributed by atoms with Gasteiger partial charge in [0.1, 0.15) is 0 Å². The van der Waals surface area contributed by atoms with Gasteiger partial charge in [-0.1, -0.05) is 0 Å². The molecule has 6 heteroatoms. The number of hydrogen-bond donors (Lipinski definition) is 1. The lowest BCUT2D eigenvalue weighted by molar-refractivity contribution is 0.220. The zero-order valence-corrected chi connectivity index (χ0v) is 6.76. The van der Waals surface area contributed by atoms with Crippen molar-refractivity contribution in [2.24, 2.45) is 4.58 Å². The summed E-state index contributed by atoms with van der Waals surface area (Å²) in [5, 5.41) is 2.67. The van der Waals surface area contributed by atoms with E-state index in [1.165, 1.54) is 0 Å². The molecule has 1 rings (SSSR count). The number of nitroso groups, excluding NO2 is 1. The van der Waals surface area contributed by atoms with Crippen molar-refractivity contribution in [1.29, 1.82) is 0 Å². The van der Waals surface area contributed by atoms with Gasteiger partial charge in [-0.05, 0) is 0 Å². The zero-order valence-electron chi connectivity index (χ0n) is 5.95. The molecule has 0 atom stereocenters. The summed E-state index contributed by atoms with van der Waals surface area (Å²) in [7, 11) is 0. The van der Waals surface area contributed by atoms with Crippen molar-refractivity contribution < 1.29 is 4.79 Å². The van der Waals surface area contributed by atoms with Crippen LogP contribution >= 0.6 is 11.9 Å². The molecular weight excluding hydrogens is 166 g/mol. The van der Waals surface area contributed by atoms with Crippen molar-refractivity contribution in [2.75, 3.05) is 25.4 Å². The fourth-order valence-electron chi connectivity index (χ4n) is 0.913. The Bertz CT molecular complexity index is 164. The molecule has 0 aliphatic carbocycles. The summed E-state index contributed by atoms with van der Waals surface area (Å²) < 4.78 is 2.63. The van der Waals surface area contributed by atoms with Crippen LogP contribution in [0.4, 0.5) is 4.79 Å². The number of amides is 2. The van der Waals surface area contributed by atoms with Crippen molar-refractivity contribution in [3.05, 3.63) is 4.91 Å². The van der Waals surface area contributed by atoms with Crippen LogP contribution in [0.15, 0.2) is 4.58 Å². The van der Waals surface area contributed by atoms with Crippen molar-refractivity contribution in [2.45, 2.75) is 0 Å². The lowest BCUT2D eigenvalue weighted by Gasteiger charge is -2.11. The maximum absolute atomic E-state index is 10.9. The van der Waals surface area contributed by atoms with Crippen LogP contribution in [0, 0.1) is 4.91 Å². The van der Waals surface area contributed by atoms with Gasteiger partial charge in [-0.2, -0.15) is 0 Å². The van der Waals surface area contributed by atoms with Gasteiger partial charge in [0.25, 0.3) is 0 Å². The summed E-state index contributed by atoms with van der Waals surface area (Å²) in [6.45, 7) is 2.04. The van der Waals surface area contributed by atoms with Crippen molar-refractivity contribution in [3.63, 3.8) is 0 Å². The van der Waals surface area contributed by atoms with Crippen LogP contribution < -0.4 is 5.32 Å². The Hall–Kier alpha value is -0.780. The highest BCUT2D eigenvalue weighted by Crippen LogP contribution is 2.03. The second-order valence-electron chi connectivity index (χ2n) is 2.13. The Morgan fingerprint density at radius 3 is 3.09 bits per heavy atom. The number of nitrogens with one attached hydrogen (secondary N) is 1. The zero-order chi connectivity index (χ0) is 8.10. The number of rotatable bonds is 4. The molecule has 2 amide bonds. The van der Waals surface area contributed by atoms with E-state index in [1.54, 1.807) is 4.90 Å². The molecule has 1 aliphatic heterocycles. The van der Waals surface area contributed by atoms with E-state index in [0.29, 0.717) is 18.8 Å². The minimum absolute atomic E-state index is 0.0449. The van der Waals surface area contributed by atoms with Gasteiger partial charge in [-0.3, -0.25) is 0 Å². The molecule has 0 unspecified atom stereocenters. The molecule has 0 bridgehead atoms. The summed E-state index contributed by atoms with van der Waals surface area (Å²) >= 11 is 0.945. The van der Waals surface area contributed by atoms with Crippen LogP contribution in [0.3, 0.4) is 0 Å². The van der Waals surface area contributed by atoms with Crippen LogP contribution in [0.1, 0.15) is 0 Å². The predicted octanol–water partition coefficient (Wildman–Crippen LogP) is 0.426. The summed E-state index contributed by atoms with van der Waals surface area (Å²) in [5.41, 5.74) is 0. The third-order valence-corrected chi connectivity index (χ3v) is 1.92. The number of hydrogen-bond acceptors (Lipinski definition) is 4. The van der Waals surface area contributed by atoms with Gasteiger partial charge in [-0.15, -0.1) is 4.91 Å². The highest BCUT2D eigenvalue weighted by atomic mass is 32.2. The van der Waals surface area contributed by atoms with E-state index in [2.05, 4.69) is 9.90 Å². The largest absolute Gasteiger partial charge is 0.336 e. The maximum atomic E-state index is 10.9. The average molecular weight is 175 g/mol. The number of nitrogens with zero attached hydrogens (tertiary/aromatic N) is 2. The molecular formula is C5H9N3O2S. The lowest BCUT2D eigenvalue weighted by Crippen LogP contribution is -2.29. The fourth-order valence-corrected chi connectivity index (χ4v) is 1.29. The topological polar surface area (TPSA) is 61.8 Å². The fraction of sp³-hybridized carbons (Fsp3) is 0.800. The van der Waals surface area contributed by atoms with E-state index in [9.17, 15) is 9.70 Å². The molecule has 1 saturated heterocycles. The molecule has 0 radical (unpaired) electrons. The number of carbonyl (C=O) groups excluding carboxylic acids is 1. The Kier molecular flexibility index (Phi) is 3.15. The maximum Gasteiger partial charge on any atom is 0.317 e. The molecule has 62 valence electrons. The Balaban J connectivity index is 2.15. The second kappa shape index (κ2) is 4.17. The Morgan fingerprint density at radius 2 is 2.55 bits per heavy atom. The van der Waals surface area contributed by atoms with E-state index in [-0.39, 0.29) is 6.03 Å². The van der Waals surface area contributed by atoms with Crippen molar-refractivity contribution in [3.8, 4) is 0 Å². The summed E-state index contributed by atoms with van der Waals surface area (Å²) in [6.07, 6.45) is 0. The van der Waals surface area contributed by atoms with Gasteiger partial charge in [0, 0.05) is 41.9 Å². The van der Waals surface area contributed by atoms with Crippen LogP contribution in [-0.4, -0.2) is 36.3 Å². The molecule has 0 aromatic carbocycles. The van der Waals surface area contributed by atoms with E-state index in [4.69, 9.17) is 0 Å². The van der Waals surface area contributed by atoms with Crippen LogP contribution in [0.5, 0.6) is 0 Å². The molecule has 0 aromatic heterocycles. The van der Waals surface area contributed by atoms with Gasteiger partial charge >= 0.3 is 6.03 Å². The van der Waals surface area contributed by atoms with Crippen LogP contribution in [0.25, 0.3) is 0 Å². The van der Waals surface area contributed by atoms with E-state index in [0.717, 1.165) is 18.5 Å². The van der Waals surface area contributed by atoms with E-state index >= 15 is 0 Å². The smallest absolute Gasteiger partial charge is 0.317 e. The molecule has 5 nitrogen and oxygen atoms in total. The molecule has 0 aromatic rings. The van der Waals surface area contributed by atoms with Gasteiger partial charge in [0.15, 0.2) is 0 Å². The molecule has 0 spiro atoms. The van der Waals surface area contributed by atoms with Crippen LogP contribution in [0.2, 0.25) is 0 Å². The SMILES string of the molecule is O=NSCCN1CCNC1=O. The Labute approximate surface area is 68.6 Å². The predicted molar refractivity (Wildman–Crippen MR) is 43.2 cm³/mol. The molecule has 1 N–H and O–H groups in total. The first-order chi connectivity index (χ1) is 5.34. The molecule has 1 heterocycles. The third-order valence-electron chi connectivity index (χ3n) is 1.45. The summed E-state index contributed by atoms with van der Waals surface area (Å²) in [4.78, 5) is 22.2. The molecule has 0 saturated carbocycles. The molecule has 11 heavy (non-hydrogen) atoms. The van der Waals surface area contributed by atoms with Crippen LogP contribution in [-0.2, 0) is 0 Å². The van der Waals surface area contributed by atoms with Crippen molar-refractivity contribution in [1.82, 2.24) is 10.2 Å². The highest BCUT2D eigenvalue weighted by molar-refractivity contribution is 7.97. The first kappa shape index (κ1) is 8.32. The number of carbonyl (C=O) groups is 1. The first-order valence-electron chi connectivity index (χ1n) is 3.32. The molecule has 1 aliphatic rings. The monoisotopic (exact) mass is 175 g/mol. The normalized spacial score (nSPS) is 16.7. The second-order valence-corrected chi connectivity index (χ2v) is 2.94. The molecule has 1 fully saturated rings. The minimum atomic E-state index is -0.0449. The van der Waals surface area contributed by atoms with Gasteiger partial charge in [0.05, 0.1) is 0 Å². The van der Waals surface area contributed by atoms with Crippen molar-refractivity contribution >= 4 is 18.0 Å².